The van der Waals surface area contributed by atoms with Crippen molar-refractivity contribution in [2.75, 3.05) is 7.11 Å². The van der Waals surface area contributed by atoms with E-state index in [-0.39, 0.29) is 11.4 Å². The van der Waals surface area contributed by atoms with E-state index >= 15 is 0 Å². The van der Waals surface area contributed by atoms with Crippen molar-refractivity contribution >= 4 is 5.97 Å². The molecule has 3 aliphatic rings. The van der Waals surface area contributed by atoms with Crippen molar-refractivity contribution in [3.8, 4) is 0 Å². The van der Waals surface area contributed by atoms with Gasteiger partial charge < -0.3 is 14.3 Å². The van der Waals surface area contributed by atoms with Crippen LogP contribution in [-0.2, 0) is 22.4 Å². The third-order valence-corrected chi connectivity index (χ3v) is 8.12. The molecule has 1 heterocycles. The molecule has 138 valence electrons. The third kappa shape index (κ3) is 2.26. The molecule has 1 N–H and O–H groups in total. The van der Waals surface area contributed by atoms with Gasteiger partial charge in [0.25, 0.3) is 0 Å². The van der Waals surface area contributed by atoms with Crippen LogP contribution >= 0.6 is 0 Å². The van der Waals surface area contributed by atoms with E-state index in [0.717, 1.165) is 50.7 Å². The minimum Gasteiger partial charge on any atom is -0.469 e. The van der Waals surface area contributed by atoms with E-state index in [0.29, 0.717) is 18.3 Å². The van der Waals surface area contributed by atoms with Crippen molar-refractivity contribution in [2.24, 2.45) is 22.7 Å². The fourth-order valence-corrected chi connectivity index (χ4v) is 6.62. The van der Waals surface area contributed by atoms with Gasteiger partial charge in [0.05, 0.1) is 25.4 Å². The fourth-order valence-electron chi connectivity index (χ4n) is 6.62. The van der Waals surface area contributed by atoms with Crippen LogP contribution in [0.5, 0.6) is 0 Å². The topological polar surface area (TPSA) is 59.7 Å². The summed E-state index contributed by atoms with van der Waals surface area (Å²) in [7, 11) is 1.44. The van der Waals surface area contributed by atoms with Gasteiger partial charge in [0.2, 0.25) is 0 Å². The normalized spacial score (nSPS) is 42.9. The van der Waals surface area contributed by atoms with Gasteiger partial charge in [-0.15, -0.1) is 0 Å². The fraction of sp³-hybridized carbons (Fsp3) is 0.762. The zero-order chi connectivity index (χ0) is 17.9. The molecule has 0 aromatic carbocycles. The SMILES string of the molecule is COC(=O)CC1(C)CCCC2(C)C3Cc4occc4CC3CCC12O. The van der Waals surface area contributed by atoms with Crippen molar-refractivity contribution in [1.29, 1.82) is 0 Å². The number of esters is 1. The second-order valence-electron chi connectivity index (χ2n) is 9.13. The summed E-state index contributed by atoms with van der Waals surface area (Å²) >= 11 is 0. The molecule has 0 aliphatic heterocycles. The highest BCUT2D eigenvalue weighted by Gasteiger charge is 2.66. The van der Waals surface area contributed by atoms with Crippen molar-refractivity contribution in [2.45, 2.75) is 70.8 Å². The van der Waals surface area contributed by atoms with Gasteiger partial charge in [-0.3, -0.25) is 4.79 Å². The van der Waals surface area contributed by atoms with E-state index in [1.165, 1.54) is 12.7 Å². The lowest BCUT2D eigenvalue weighted by Gasteiger charge is -2.65. The first kappa shape index (κ1) is 17.1. The average Bonchev–Trinajstić information content (AvgIpc) is 3.03. The van der Waals surface area contributed by atoms with Gasteiger partial charge in [-0.25, -0.2) is 0 Å². The van der Waals surface area contributed by atoms with Crippen molar-refractivity contribution in [3.05, 3.63) is 23.7 Å². The molecule has 2 fully saturated rings. The zero-order valence-corrected chi connectivity index (χ0v) is 15.6. The van der Waals surface area contributed by atoms with E-state index < -0.39 is 11.0 Å². The van der Waals surface area contributed by atoms with E-state index in [1.54, 1.807) is 6.26 Å². The van der Waals surface area contributed by atoms with Crippen molar-refractivity contribution in [3.63, 3.8) is 0 Å². The summed E-state index contributed by atoms with van der Waals surface area (Å²) in [5, 5.41) is 12.0. The van der Waals surface area contributed by atoms with Gasteiger partial charge >= 0.3 is 5.97 Å². The number of hydrogen-bond acceptors (Lipinski definition) is 4. The number of rotatable bonds is 2. The lowest BCUT2D eigenvalue weighted by Crippen LogP contribution is -2.67. The predicted octanol–water partition coefficient (Wildman–Crippen LogP) is 3.90. The van der Waals surface area contributed by atoms with Crippen LogP contribution in [0.4, 0.5) is 0 Å². The minimum absolute atomic E-state index is 0.179. The average molecular weight is 346 g/mol. The summed E-state index contributed by atoms with van der Waals surface area (Å²) in [5.41, 5.74) is -0.0657. The number of furan rings is 1. The minimum atomic E-state index is -0.822. The summed E-state index contributed by atoms with van der Waals surface area (Å²) in [6.07, 6.45) is 8.87. The van der Waals surface area contributed by atoms with E-state index in [1.807, 2.05) is 0 Å². The highest BCUT2D eigenvalue weighted by molar-refractivity contribution is 5.70. The first-order valence-corrected chi connectivity index (χ1v) is 9.67. The van der Waals surface area contributed by atoms with Crippen LogP contribution in [0.3, 0.4) is 0 Å². The predicted molar refractivity (Wildman–Crippen MR) is 94.0 cm³/mol. The molecule has 4 heteroatoms. The molecule has 5 atom stereocenters. The maximum absolute atomic E-state index is 12.1. The van der Waals surface area contributed by atoms with Gasteiger partial charge in [0.15, 0.2) is 0 Å². The quantitative estimate of drug-likeness (QED) is 0.825. The van der Waals surface area contributed by atoms with E-state index in [9.17, 15) is 9.90 Å². The van der Waals surface area contributed by atoms with Gasteiger partial charge in [-0.2, -0.15) is 0 Å². The van der Waals surface area contributed by atoms with Gasteiger partial charge in [-0.1, -0.05) is 20.3 Å². The molecule has 3 aliphatic carbocycles. The molecule has 1 aromatic heterocycles. The lowest BCUT2D eigenvalue weighted by molar-refractivity contribution is -0.246. The maximum atomic E-state index is 12.1. The van der Waals surface area contributed by atoms with Crippen molar-refractivity contribution < 1.29 is 19.1 Å². The van der Waals surface area contributed by atoms with E-state index in [4.69, 9.17) is 9.15 Å². The van der Waals surface area contributed by atoms with Crippen LogP contribution in [-0.4, -0.2) is 23.8 Å². The summed E-state index contributed by atoms with van der Waals surface area (Å²) in [6.45, 7) is 4.37. The van der Waals surface area contributed by atoms with Crippen LogP contribution in [0.25, 0.3) is 0 Å². The summed E-state index contributed by atoms with van der Waals surface area (Å²) in [4.78, 5) is 12.1. The number of aliphatic hydroxyl groups is 1. The Bertz CT molecular complexity index is 679. The first-order chi connectivity index (χ1) is 11.8. The molecule has 2 saturated carbocycles. The molecule has 0 saturated heterocycles. The second-order valence-corrected chi connectivity index (χ2v) is 9.13. The molecule has 0 amide bonds. The third-order valence-electron chi connectivity index (χ3n) is 8.12. The number of carbonyl (C=O) groups is 1. The smallest absolute Gasteiger partial charge is 0.306 e. The van der Waals surface area contributed by atoms with Crippen LogP contribution in [0.15, 0.2) is 16.7 Å². The molecule has 4 rings (SSSR count). The van der Waals surface area contributed by atoms with Gasteiger partial charge in [-0.05, 0) is 55.6 Å². The Morgan fingerprint density at radius 2 is 2.12 bits per heavy atom. The van der Waals surface area contributed by atoms with E-state index in [2.05, 4.69) is 19.9 Å². The molecule has 0 spiro atoms. The summed E-state index contributed by atoms with van der Waals surface area (Å²) in [6, 6.07) is 2.11. The van der Waals surface area contributed by atoms with Gasteiger partial charge in [0, 0.05) is 17.3 Å². The molecule has 4 nitrogen and oxygen atoms in total. The zero-order valence-electron chi connectivity index (χ0n) is 15.6. The summed E-state index contributed by atoms with van der Waals surface area (Å²) in [5.74, 6) is 1.92. The van der Waals surface area contributed by atoms with Crippen LogP contribution < -0.4 is 0 Å². The lowest BCUT2D eigenvalue weighted by atomic mass is 9.41. The Morgan fingerprint density at radius 1 is 1.32 bits per heavy atom. The molecule has 0 radical (unpaired) electrons. The molecular weight excluding hydrogens is 316 g/mol. The van der Waals surface area contributed by atoms with Crippen molar-refractivity contribution in [1.82, 2.24) is 0 Å². The van der Waals surface area contributed by atoms with Crippen LogP contribution in [0.2, 0.25) is 0 Å². The second kappa shape index (κ2) is 5.60. The standard InChI is InChI=1S/C21H30O4/c1-19(13-18(22)24-3)7-4-8-20(2)16-12-17-15(6-10-25-17)11-14(16)5-9-21(19,20)23/h6,10,14,16,23H,4-5,7-9,11-13H2,1-3H3. The first-order valence-electron chi connectivity index (χ1n) is 9.67. The Kier molecular flexibility index (Phi) is 3.84. The molecule has 1 aromatic rings. The van der Waals surface area contributed by atoms with Crippen LogP contribution in [0, 0.1) is 22.7 Å². The Hall–Kier alpha value is -1.29. The number of fused-ring (bicyclic) bond motifs is 4. The number of methoxy groups -OCH3 is 1. The van der Waals surface area contributed by atoms with Crippen LogP contribution in [0.1, 0.15) is 63.7 Å². The maximum Gasteiger partial charge on any atom is 0.306 e. The Labute approximate surface area is 149 Å². The monoisotopic (exact) mass is 346 g/mol. The van der Waals surface area contributed by atoms with Gasteiger partial charge in [0.1, 0.15) is 5.76 Å². The highest BCUT2D eigenvalue weighted by Crippen LogP contribution is 2.66. The molecule has 25 heavy (non-hydrogen) atoms. The molecule has 0 bridgehead atoms. The number of carbonyl (C=O) groups excluding carboxylic acids is 1. The highest BCUT2D eigenvalue weighted by atomic mass is 16.5. The largest absolute Gasteiger partial charge is 0.469 e. The molecule has 5 unspecified atom stereocenters. The number of hydrogen-bond donors (Lipinski definition) is 1. The Morgan fingerprint density at radius 3 is 2.88 bits per heavy atom. The Balaban J connectivity index is 1.72. The molecular formula is C21H30O4. The summed E-state index contributed by atoms with van der Waals surface area (Å²) < 4.78 is 10.7. The number of ether oxygens (including phenoxy) is 1.